The van der Waals surface area contributed by atoms with Crippen molar-refractivity contribution in [2.75, 3.05) is 13.1 Å². The standard InChI is InChI=1S/C13H20IN3O2/c1-13(2,3)19-12(18)16-6-4-10(5-7-16)17-8-11(14)15-9-17/h8-10H,4-7H2,1-3H3. The van der Waals surface area contributed by atoms with Crippen molar-refractivity contribution in [3.63, 3.8) is 0 Å². The molecule has 0 bridgehead atoms. The van der Waals surface area contributed by atoms with E-state index >= 15 is 0 Å². The maximum Gasteiger partial charge on any atom is 0.410 e. The molecular formula is C13H20IN3O2. The average molecular weight is 377 g/mol. The molecule has 0 unspecified atom stereocenters. The Hall–Kier alpha value is -0.790. The van der Waals surface area contributed by atoms with Crippen LogP contribution in [0.2, 0.25) is 0 Å². The van der Waals surface area contributed by atoms with Gasteiger partial charge in [0.25, 0.3) is 0 Å². The fourth-order valence-corrected chi connectivity index (χ4v) is 2.63. The molecule has 1 saturated heterocycles. The lowest BCUT2D eigenvalue weighted by molar-refractivity contribution is 0.0188. The number of rotatable bonds is 1. The normalized spacial score (nSPS) is 17.6. The lowest BCUT2D eigenvalue weighted by Gasteiger charge is -2.33. The minimum atomic E-state index is -0.422. The zero-order valence-corrected chi connectivity index (χ0v) is 13.8. The maximum absolute atomic E-state index is 11.9. The van der Waals surface area contributed by atoms with Gasteiger partial charge in [-0.2, -0.15) is 0 Å². The molecule has 2 rings (SSSR count). The Morgan fingerprint density at radius 3 is 2.53 bits per heavy atom. The predicted octanol–water partition coefficient (Wildman–Crippen LogP) is 3.06. The molecule has 0 aromatic carbocycles. The van der Waals surface area contributed by atoms with Crippen LogP contribution in [-0.4, -0.2) is 39.2 Å². The quantitative estimate of drug-likeness (QED) is 0.707. The third-order valence-electron chi connectivity index (χ3n) is 3.11. The second-order valence-electron chi connectivity index (χ2n) is 5.84. The Morgan fingerprint density at radius 1 is 1.42 bits per heavy atom. The van der Waals surface area contributed by atoms with Gasteiger partial charge in [0.2, 0.25) is 0 Å². The molecule has 0 atom stereocenters. The highest BCUT2D eigenvalue weighted by atomic mass is 127. The fourth-order valence-electron chi connectivity index (χ4n) is 2.18. The van der Waals surface area contributed by atoms with Crippen LogP contribution in [-0.2, 0) is 4.74 Å². The van der Waals surface area contributed by atoms with Crippen LogP contribution in [0.25, 0.3) is 0 Å². The van der Waals surface area contributed by atoms with Crippen LogP contribution >= 0.6 is 22.6 Å². The second kappa shape index (κ2) is 5.68. The van der Waals surface area contributed by atoms with Gasteiger partial charge in [0.1, 0.15) is 9.30 Å². The molecule has 0 N–H and O–H groups in total. The molecule has 5 nitrogen and oxygen atoms in total. The third kappa shape index (κ3) is 4.09. The molecule has 1 fully saturated rings. The van der Waals surface area contributed by atoms with Crippen molar-refractivity contribution < 1.29 is 9.53 Å². The number of nitrogens with zero attached hydrogens (tertiary/aromatic N) is 3. The third-order valence-corrected chi connectivity index (χ3v) is 3.66. The number of hydrogen-bond donors (Lipinski definition) is 0. The average Bonchev–Trinajstić information content (AvgIpc) is 2.74. The van der Waals surface area contributed by atoms with Gasteiger partial charge in [-0.05, 0) is 56.2 Å². The summed E-state index contributed by atoms with van der Waals surface area (Å²) in [4.78, 5) is 18.0. The molecule has 0 spiro atoms. The number of amides is 1. The molecule has 0 saturated carbocycles. The summed E-state index contributed by atoms with van der Waals surface area (Å²) in [6, 6.07) is 0.440. The smallest absolute Gasteiger partial charge is 0.410 e. The topological polar surface area (TPSA) is 47.4 Å². The number of piperidine rings is 1. The molecule has 0 aliphatic carbocycles. The van der Waals surface area contributed by atoms with E-state index in [1.807, 2.05) is 33.3 Å². The van der Waals surface area contributed by atoms with E-state index in [0.29, 0.717) is 6.04 Å². The predicted molar refractivity (Wildman–Crippen MR) is 81.0 cm³/mol. The summed E-state index contributed by atoms with van der Waals surface area (Å²) in [6.07, 6.45) is 5.62. The highest BCUT2D eigenvalue weighted by Gasteiger charge is 2.27. The first-order valence-electron chi connectivity index (χ1n) is 6.52. The zero-order valence-electron chi connectivity index (χ0n) is 11.6. The Kier molecular flexibility index (Phi) is 4.37. The van der Waals surface area contributed by atoms with Gasteiger partial charge in [-0.15, -0.1) is 0 Å². The molecule has 1 aliphatic rings. The molecule has 1 amide bonds. The van der Waals surface area contributed by atoms with Crippen molar-refractivity contribution in [2.24, 2.45) is 0 Å². The molecule has 6 heteroatoms. The number of hydrogen-bond acceptors (Lipinski definition) is 3. The monoisotopic (exact) mass is 377 g/mol. The van der Waals surface area contributed by atoms with E-state index in [0.717, 1.165) is 29.6 Å². The summed E-state index contributed by atoms with van der Waals surface area (Å²) in [7, 11) is 0. The van der Waals surface area contributed by atoms with Gasteiger partial charge >= 0.3 is 6.09 Å². The molecule has 1 aliphatic heterocycles. The van der Waals surface area contributed by atoms with Crippen LogP contribution in [0.1, 0.15) is 39.7 Å². The summed E-state index contributed by atoms with van der Waals surface area (Å²) in [5.41, 5.74) is -0.422. The zero-order chi connectivity index (χ0) is 14.0. The Balaban J connectivity index is 1.87. The Bertz CT molecular complexity index is 445. The number of carbonyl (C=O) groups excluding carboxylic acids is 1. The van der Waals surface area contributed by atoms with E-state index in [9.17, 15) is 4.79 Å². The summed E-state index contributed by atoms with van der Waals surface area (Å²) in [5.74, 6) is 0. The van der Waals surface area contributed by atoms with Crippen molar-refractivity contribution in [3.8, 4) is 0 Å². The van der Waals surface area contributed by atoms with Crippen LogP contribution in [0.3, 0.4) is 0 Å². The molecule has 19 heavy (non-hydrogen) atoms. The van der Waals surface area contributed by atoms with E-state index in [4.69, 9.17) is 4.74 Å². The van der Waals surface area contributed by atoms with Crippen LogP contribution in [0.15, 0.2) is 12.5 Å². The number of likely N-dealkylation sites (tertiary alicyclic amines) is 1. The van der Waals surface area contributed by atoms with E-state index in [2.05, 4.69) is 32.1 Å². The second-order valence-corrected chi connectivity index (χ2v) is 6.95. The molecule has 0 radical (unpaired) electrons. The number of ether oxygens (including phenoxy) is 1. The molecule has 1 aromatic rings. The molecule has 1 aromatic heterocycles. The van der Waals surface area contributed by atoms with Crippen LogP contribution in [0, 0.1) is 3.70 Å². The Labute approximate surface area is 127 Å². The number of halogens is 1. The highest BCUT2D eigenvalue weighted by molar-refractivity contribution is 14.1. The van der Waals surface area contributed by atoms with Gasteiger partial charge in [0, 0.05) is 25.3 Å². The van der Waals surface area contributed by atoms with Crippen molar-refractivity contribution in [1.82, 2.24) is 14.5 Å². The van der Waals surface area contributed by atoms with Gasteiger partial charge in [-0.3, -0.25) is 0 Å². The largest absolute Gasteiger partial charge is 0.444 e. The summed E-state index contributed by atoms with van der Waals surface area (Å²) < 4.78 is 8.54. The van der Waals surface area contributed by atoms with Crippen LogP contribution in [0.5, 0.6) is 0 Å². The van der Waals surface area contributed by atoms with Gasteiger partial charge in [-0.25, -0.2) is 9.78 Å². The lowest BCUT2D eigenvalue weighted by atomic mass is 10.1. The molecule has 106 valence electrons. The molecule has 2 heterocycles. The van der Waals surface area contributed by atoms with Gasteiger partial charge in [-0.1, -0.05) is 0 Å². The minimum Gasteiger partial charge on any atom is -0.444 e. The summed E-state index contributed by atoms with van der Waals surface area (Å²) in [6.45, 7) is 7.17. The molecular weight excluding hydrogens is 357 g/mol. The van der Waals surface area contributed by atoms with E-state index in [1.165, 1.54) is 0 Å². The number of carbonyl (C=O) groups is 1. The van der Waals surface area contributed by atoms with E-state index in [-0.39, 0.29) is 6.09 Å². The maximum atomic E-state index is 11.9. The first-order chi connectivity index (χ1) is 8.85. The highest BCUT2D eigenvalue weighted by Crippen LogP contribution is 2.24. The van der Waals surface area contributed by atoms with Crippen LogP contribution in [0.4, 0.5) is 4.79 Å². The van der Waals surface area contributed by atoms with Gasteiger partial charge < -0.3 is 14.2 Å². The van der Waals surface area contributed by atoms with E-state index in [1.54, 1.807) is 4.90 Å². The number of imidazole rings is 1. The summed E-state index contributed by atoms with van der Waals surface area (Å²) in [5, 5.41) is 0. The summed E-state index contributed by atoms with van der Waals surface area (Å²) >= 11 is 2.21. The van der Waals surface area contributed by atoms with E-state index < -0.39 is 5.60 Å². The van der Waals surface area contributed by atoms with Crippen molar-refractivity contribution >= 4 is 28.7 Å². The van der Waals surface area contributed by atoms with Crippen molar-refractivity contribution in [2.45, 2.75) is 45.3 Å². The first-order valence-corrected chi connectivity index (χ1v) is 7.60. The SMILES string of the molecule is CC(C)(C)OC(=O)N1CCC(n2cnc(I)c2)CC1. The Morgan fingerprint density at radius 2 is 2.05 bits per heavy atom. The van der Waals surface area contributed by atoms with Crippen molar-refractivity contribution in [3.05, 3.63) is 16.2 Å². The van der Waals surface area contributed by atoms with Crippen molar-refractivity contribution in [1.29, 1.82) is 0 Å². The minimum absolute atomic E-state index is 0.203. The first kappa shape index (κ1) is 14.6. The lowest BCUT2D eigenvalue weighted by Crippen LogP contribution is -2.42. The fraction of sp³-hybridized carbons (Fsp3) is 0.692. The van der Waals surface area contributed by atoms with Gasteiger partial charge in [0.05, 0.1) is 6.33 Å². The number of aromatic nitrogens is 2. The van der Waals surface area contributed by atoms with Gasteiger partial charge in [0.15, 0.2) is 0 Å². The van der Waals surface area contributed by atoms with Crippen LogP contribution < -0.4 is 0 Å².